The predicted octanol–water partition coefficient (Wildman–Crippen LogP) is 4.40. The summed E-state index contributed by atoms with van der Waals surface area (Å²) in [5, 5.41) is 13.2. The average Bonchev–Trinajstić information content (AvgIpc) is 2.99. The Labute approximate surface area is 142 Å². The monoisotopic (exact) mass is 350 g/mol. The van der Waals surface area contributed by atoms with Crippen molar-refractivity contribution in [2.45, 2.75) is 11.5 Å². The first-order chi connectivity index (χ1) is 10.8. The van der Waals surface area contributed by atoms with E-state index in [0.717, 1.165) is 17.1 Å². The molecule has 1 heterocycles. The second kappa shape index (κ2) is 7.13. The Balaban J connectivity index is 1.70. The van der Waals surface area contributed by atoms with Crippen LogP contribution in [0.5, 0.6) is 0 Å². The molecule has 0 atom stereocenters. The number of para-hydroxylation sites is 1. The molecule has 0 unspecified atom stereocenters. The molecule has 22 heavy (non-hydrogen) atoms. The molecule has 0 saturated heterocycles. The van der Waals surface area contributed by atoms with E-state index in [1.807, 2.05) is 48.5 Å². The third kappa shape index (κ3) is 3.43. The van der Waals surface area contributed by atoms with Crippen LogP contribution < -0.4 is 0 Å². The van der Waals surface area contributed by atoms with Crippen LogP contribution in [-0.4, -0.2) is 20.2 Å². The topological polar surface area (TPSA) is 43.6 Å². The van der Waals surface area contributed by atoms with Gasteiger partial charge in [-0.1, -0.05) is 47.5 Å². The van der Waals surface area contributed by atoms with E-state index in [-0.39, 0.29) is 0 Å². The number of tetrazole rings is 1. The summed E-state index contributed by atoms with van der Waals surface area (Å²) in [5.41, 5.74) is 1.88. The SMILES string of the molecule is Clc1cccc(Cl)c1CSCc1nnnn1-c1ccccc1. The van der Waals surface area contributed by atoms with Crippen LogP contribution in [0.3, 0.4) is 0 Å². The summed E-state index contributed by atoms with van der Waals surface area (Å²) in [6.45, 7) is 0. The van der Waals surface area contributed by atoms with E-state index < -0.39 is 0 Å². The van der Waals surface area contributed by atoms with Gasteiger partial charge in [0.1, 0.15) is 0 Å². The zero-order valence-electron chi connectivity index (χ0n) is 11.5. The van der Waals surface area contributed by atoms with Gasteiger partial charge in [-0.05, 0) is 40.3 Å². The van der Waals surface area contributed by atoms with Crippen LogP contribution in [0, 0.1) is 0 Å². The summed E-state index contributed by atoms with van der Waals surface area (Å²) in [4.78, 5) is 0. The van der Waals surface area contributed by atoms with Crippen molar-refractivity contribution >= 4 is 35.0 Å². The Bertz CT molecular complexity index is 741. The number of halogens is 2. The highest BCUT2D eigenvalue weighted by molar-refractivity contribution is 7.97. The van der Waals surface area contributed by atoms with Gasteiger partial charge in [-0.2, -0.15) is 4.68 Å². The highest BCUT2D eigenvalue weighted by Gasteiger charge is 2.10. The quantitative estimate of drug-likeness (QED) is 0.683. The van der Waals surface area contributed by atoms with Crippen LogP contribution >= 0.6 is 35.0 Å². The summed E-state index contributed by atoms with van der Waals surface area (Å²) in [6, 6.07) is 15.3. The van der Waals surface area contributed by atoms with Gasteiger partial charge in [-0.15, -0.1) is 16.9 Å². The molecule has 7 heteroatoms. The molecule has 0 saturated carbocycles. The second-order valence-electron chi connectivity index (χ2n) is 4.54. The molecule has 0 fully saturated rings. The third-order valence-corrected chi connectivity index (χ3v) is 4.74. The first-order valence-corrected chi connectivity index (χ1v) is 8.50. The number of aromatic nitrogens is 4. The maximum absolute atomic E-state index is 6.17. The lowest BCUT2D eigenvalue weighted by atomic mass is 10.2. The first-order valence-electron chi connectivity index (χ1n) is 6.59. The van der Waals surface area contributed by atoms with E-state index in [0.29, 0.717) is 21.6 Å². The molecule has 112 valence electrons. The fraction of sp³-hybridized carbons (Fsp3) is 0.133. The highest BCUT2D eigenvalue weighted by Crippen LogP contribution is 2.29. The van der Waals surface area contributed by atoms with Gasteiger partial charge in [0, 0.05) is 15.8 Å². The summed E-state index contributed by atoms with van der Waals surface area (Å²) < 4.78 is 1.74. The molecule has 0 radical (unpaired) electrons. The number of hydrogen-bond acceptors (Lipinski definition) is 4. The van der Waals surface area contributed by atoms with Crippen molar-refractivity contribution in [3.63, 3.8) is 0 Å². The summed E-state index contributed by atoms with van der Waals surface area (Å²) in [5.74, 6) is 2.17. The molecule has 3 aromatic rings. The summed E-state index contributed by atoms with van der Waals surface area (Å²) >= 11 is 14.0. The van der Waals surface area contributed by atoms with Gasteiger partial charge in [-0.25, -0.2) is 0 Å². The Morgan fingerprint density at radius 2 is 1.64 bits per heavy atom. The Morgan fingerprint density at radius 3 is 2.36 bits per heavy atom. The van der Waals surface area contributed by atoms with Crippen LogP contribution in [0.15, 0.2) is 48.5 Å². The van der Waals surface area contributed by atoms with E-state index in [9.17, 15) is 0 Å². The molecular formula is C15H12Cl2N4S. The van der Waals surface area contributed by atoms with Crippen LogP contribution in [-0.2, 0) is 11.5 Å². The lowest BCUT2D eigenvalue weighted by molar-refractivity contribution is 0.777. The van der Waals surface area contributed by atoms with Crippen molar-refractivity contribution in [1.82, 2.24) is 20.2 Å². The van der Waals surface area contributed by atoms with Crippen LogP contribution in [0.25, 0.3) is 5.69 Å². The average molecular weight is 351 g/mol. The van der Waals surface area contributed by atoms with Crippen molar-refractivity contribution in [3.05, 3.63) is 70.0 Å². The molecule has 0 amide bonds. The third-order valence-electron chi connectivity index (χ3n) is 3.07. The van der Waals surface area contributed by atoms with E-state index in [4.69, 9.17) is 23.2 Å². The van der Waals surface area contributed by atoms with Gasteiger partial charge >= 0.3 is 0 Å². The number of hydrogen-bond donors (Lipinski definition) is 0. The molecule has 0 bridgehead atoms. The van der Waals surface area contributed by atoms with Crippen molar-refractivity contribution in [2.24, 2.45) is 0 Å². The van der Waals surface area contributed by atoms with E-state index in [1.54, 1.807) is 16.4 Å². The van der Waals surface area contributed by atoms with E-state index in [1.165, 1.54) is 0 Å². The maximum atomic E-state index is 6.17. The molecule has 0 aliphatic carbocycles. The number of rotatable bonds is 5. The predicted molar refractivity (Wildman–Crippen MR) is 90.6 cm³/mol. The van der Waals surface area contributed by atoms with Gasteiger partial charge in [-0.3, -0.25) is 0 Å². The Kier molecular flexibility index (Phi) is 4.97. The molecular weight excluding hydrogens is 339 g/mol. The van der Waals surface area contributed by atoms with Crippen molar-refractivity contribution in [2.75, 3.05) is 0 Å². The fourth-order valence-corrected chi connectivity index (χ4v) is 3.65. The largest absolute Gasteiger partial charge is 0.196 e. The number of thioether (sulfide) groups is 1. The number of nitrogens with zero attached hydrogens (tertiary/aromatic N) is 4. The molecule has 2 aromatic carbocycles. The smallest absolute Gasteiger partial charge is 0.166 e. The second-order valence-corrected chi connectivity index (χ2v) is 6.34. The first kappa shape index (κ1) is 15.3. The highest BCUT2D eigenvalue weighted by atomic mass is 35.5. The fourth-order valence-electron chi connectivity index (χ4n) is 1.98. The van der Waals surface area contributed by atoms with Crippen molar-refractivity contribution in [3.8, 4) is 5.69 Å². The van der Waals surface area contributed by atoms with Crippen molar-refractivity contribution < 1.29 is 0 Å². The van der Waals surface area contributed by atoms with Gasteiger partial charge in [0.15, 0.2) is 5.82 Å². The standard InChI is InChI=1S/C15H12Cl2N4S/c16-13-7-4-8-14(17)12(13)9-22-10-15-18-19-20-21(15)11-5-2-1-3-6-11/h1-8H,9-10H2. The minimum atomic E-state index is 0.670. The molecule has 0 aliphatic rings. The van der Waals surface area contributed by atoms with E-state index in [2.05, 4.69) is 15.5 Å². The van der Waals surface area contributed by atoms with Crippen molar-refractivity contribution in [1.29, 1.82) is 0 Å². The summed E-state index contributed by atoms with van der Waals surface area (Å²) in [7, 11) is 0. The molecule has 0 N–H and O–H groups in total. The molecule has 4 nitrogen and oxygen atoms in total. The minimum absolute atomic E-state index is 0.670. The molecule has 3 rings (SSSR count). The van der Waals surface area contributed by atoms with Gasteiger partial charge in [0.05, 0.1) is 11.4 Å². The lowest BCUT2D eigenvalue weighted by Crippen LogP contribution is -2.02. The van der Waals surface area contributed by atoms with Gasteiger partial charge < -0.3 is 0 Å². The zero-order chi connectivity index (χ0) is 15.4. The lowest BCUT2D eigenvalue weighted by Gasteiger charge is -2.07. The van der Waals surface area contributed by atoms with Crippen LogP contribution in [0.2, 0.25) is 10.0 Å². The summed E-state index contributed by atoms with van der Waals surface area (Å²) in [6.07, 6.45) is 0. The normalized spacial score (nSPS) is 10.8. The Hall–Kier alpha value is -1.56. The van der Waals surface area contributed by atoms with Gasteiger partial charge in [0.2, 0.25) is 0 Å². The maximum Gasteiger partial charge on any atom is 0.166 e. The zero-order valence-corrected chi connectivity index (χ0v) is 13.8. The number of benzene rings is 2. The molecule has 0 spiro atoms. The Morgan fingerprint density at radius 1 is 0.909 bits per heavy atom. The van der Waals surface area contributed by atoms with Crippen LogP contribution in [0.1, 0.15) is 11.4 Å². The molecule has 1 aromatic heterocycles. The molecule has 0 aliphatic heterocycles. The van der Waals surface area contributed by atoms with Crippen LogP contribution in [0.4, 0.5) is 0 Å². The minimum Gasteiger partial charge on any atom is -0.196 e. The van der Waals surface area contributed by atoms with E-state index >= 15 is 0 Å². The van der Waals surface area contributed by atoms with Gasteiger partial charge in [0.25, 0.3) is 0 Å².